The van der Waals surface area contributed by atoms with Gasteiger partial charge in [0.25, 0.3) is 0 Å². The minimum atomic E-state index is 1.25. The molecule has 0 saturated heterocycles. The summed E-state index contributed by atoms with van der Waals surface area (Å²) in [4.78, 5) is 1.32. The van der Waals surface area contributed by atoms with Crippen LogP contribution in [0.3, 0.4) is 0 Å². The molecule has 0 aliphatic carbocycles. The van der Waals surface area contributed by atoms with E-state index in [9.17, 15) is 0 Å². The van der Waals surface area contributed by atoms with E-state index in [-0.39, 0.29) is 0 Å². The lowest BCUT2D eigenvalue weighted by Crippen LogP contribution is -1.86. The Hall–Kier alpha value is -4.72. The molecule has 8 rings (SSSR count). The first kappa shape index (κ1) is 22.3. The molecule has 0 fully saturated rings. The van der Waals surface area contributed by atoms with E-state index in [0.29, 0.717) is 0 Å². The lowest BCUT2D eigenvalue weighted by atomic mass is 9.90. The normalized spacial score (nSPS) is 11.6. The second kappa shape index (κ2) is 8.94. The van der Waals surface area contributed by atoms with E-state index in [1.807, 2.05) is 11.3 Å². The number of benzene rings is 7. The van der Waals surface area contributed by atoms with Gasteiger partial charge in [-0.1, -0.05) is 133 Å². The number of rotatable bonds is 3. The summed E-state index contributed by atoms with van der Waals surface area (Å²) < 4.78 is 1.31. The Morgan fingerprint density at radius 1 is 0.359 bits per heavy atom. The maximum Gasteiger partial charge on any atom is 0.0434 e. The maximum atomic E-state index is 2.41. The van der Waals surface area contributed by atoms with Crippen LogP contribution in [-0.2, 0) is 0 Å². The second-order valence-corrected chi connectivity index (χ2v) is 11.1. The van der Waals surface area contributed by atoms with Crippen LogP contribution < -0.4 is 0 Å². The van der Waals surface area contributed by atoms with E-state index in [1.165, 1.54) is 75.1 Å². The molecule has 0 N–H and O–H groups in total. The third-order valence-corrected chi connectivity index (χ3v) is 9.07. The highest BCUT2D eigenvalue weighted by atomic mass is 32.1. The molecule has 0 radical (unpaired) electrons. The molecule has 1 heterocycles. The Kier molecular flexibility index (Phi) is 5.11. The van der Waals surface area contributed by atoms with Crippen LogP contribution in [0.25, 0.3) is 75.1 Å². The van der Waals surface area contributed by atoms with Crippen LogP contribution >= 0.6 is 11.3 Å². The van der Waals surface area contributed by atoms with Gasteiger partial charge in [0.1, 0.15) is 0 Å². The van der Waals surface area contributed by atoms with E-state index in [2.05, 4.69) is 146 Å². The predicted molar refractivity (Wildman–Crippen MR) is 171 cm³/mol. The highest BCUT2D eigenvalue weighted by Gasteiger charge is 2.19. The van der Waals surface area contributed by atoms with E-state index in [4.69, 9.17) is 0 Å². The quantitative estimate of drug-likeness (QED) is 0.207. The molecule has 182 valence electrons. The van der Waals surface area contributed by atoms with E-state index in [0.717, 1.165) is 0 Å². The smallest absolute Gasteiger partial charge is 0.0434 e. The van der Waals surface area contributed by atoms with Gasteiger partial charge in [0.15, 0.2) is 0 Å². The zero-order valence-corrected chi connectivity index (χ0v) is 22.1. The van der Waals surface area contributed by atoms with Gasteiger partial charge in [0, 0.05) is 20.5 Å². The van der Waals surface area contributed by atoms with Crippen LogP contribution in [0.4, 0.5) is 0 Å². The van der Waals surface area contributed by atoms with Gasteiger partial charge in [-0.15, -0.1) is 11.3 Å². The summed E-state index contributed by atoms with van der Waals surface area (Å²) in [6.45, 7) is 0. The molecule has 0 aliphatic rings. The van der Waals surface area contributed by atoms with Crippen molar-refractivity contribution in [1.82, 2.24) is 0 Å². The first-order valence-electron chi connectivity index (χ1n) is 13.4. The van der Waals surface area contributed by atoms with E-state index in [1.54, 1.807) is 0 Å². The molecule has 0 atom stereocenters. The average Bonchev–Trinajstić information content (AvgIpc) is 3.42. The topological polar surface area (TPSA) is 0 Å². The van der Waals surface area contributed by atoms with Crippen molar-refractivity contribution in [3.05, 3.63) is 146 Å². The minimum Gasteiger partial charge on any atom is -0.135 e. The van der Waals surface area contributed by atoms with Crippen molar-refractivity contribution in [2.45, 2.75) is 0 Å². The fourth-order valence-electron chi connectivity index (χ4n) is 6.14. The van der Waals surface area contributed by atoms with Crippen LogP contribution in [0.5, 0.6) is 0 Å². The summed E-state index contributed by atoms with van der Waals surface area (Å²) >= 11 is 1.89. The summed E-state index contributed by atoms with van der Waals surface area (Å²) in [6.07, 6.45) is 0. The SMILES string of the molecule is c1ccc(-c2sc3cccc(-c4ccc5c6ccccc6c6ccccc6c5c4)c3c2-c2ccccc2)cc1. The molecular weight excluding hydrogens is 488 g/mol. The van der Waals surface area contributed by atoms with Crippen molar-refractivity contribution < 1.29 is 0 Å². The summed E-state index contributed by atoms with van der Waals surface area (Å²) in [5.41, 5.74) is 6.37. The molecule has 8 aromatic rings. The molecule has 0 nitrogen and oxygen atoms in total. The Balaban J connectivity index is 1.47. The number of thiophene rings is 1. The molecule has 39 heavy (non-hydrogen) atoms. The second-order valence-electron chi connectivity index (χ2n) is 10.1. The van der Waals surface area contributed by atoms with Crippen molar-refractivity contribution in [3.63, 3.8) is 0 Å². The maximum absolute atomic E-state index is 2.41. The summed E-state index contributed by atoms with van der Waals surface area (Å²) in [6, 6.07) is 53.1. The van der Waals surface area contributed by atoms with Gasteiger partial charge in [-0.25, -0.2) is 0 Å². The monoisotopic (exact) mass is 512 g/mol. The highest BCUT2D eigenvalue weighted by molar-refractivity contribution is 7.23. The Bertz CT molecular complexity index is 2120. The van der Waals surface area contributed by atoms with Gasteiger partial charge in [-0.2, -0.15) is 0 Å². The lowest BCUT2D eigenvalue weighted by molar-refractivity contribution is 1.65. The first-order valence-corrected chi connectivity index (χ1v) is 14.2. The average molecular weight is 513 g/mol. The third kappa shape index (κ3) is 3.51. The molecule has 1 aromatic heterocycles. The standard InChI is InChI=1S/C38H24S/c1-3-12-25(13-4-1)36-37-28(20-11-21-35(37)39-38(36)26-14-5-2-6-15-26)27-22-23-33-31-18-8-7-16-29(31)30-17-9-10-19-32(30)34(33)24-27/h1-24H. The van der Waals surface area contributed by atoms with Crippen LogP contribution in [0.2, 0.25) is 0 Å². The van der Waals surface area contributed by atoms with Gasteiger partial charge in [-0.05, 0) is 66.7 Å². The fourth-order valence-corrected chi connectivity index (χ4v) is 7.39. The molecule has 1 heteroatoms. The van der Waals surface area contributed by atoms with E-state index >= 15 is 0 Å². The van der Waals surface area contributed by atoms with Crippen molar-refractivity contribution in [1.29, 1.82) is 0 Å². The molecular formula is C38H24S. The molecule has 0 aliphatic heterocycles. The molecule has 0 bridgehead atoms. The van der Waals surface area contributed by atoms with Crippen LogP contribution in [0.15, 0.2) is 146 Å². The predicted octanol–water partition coefficient (Wildman–Crippen LogP) is 11.4. The molecule has 0 spiro atoms. The zero-order valence-electron chi connectivity index (χ0n) is 21.3. The van der Waals surface area contributed by atoms with Crippen LogP contribution in [0, 0.1) is 0 Å². The van der Waals surface area contributed by atoms with Crippen molar-refractivity contribution in [3.8, 4) is 32.7 Å². The molecule has 7 aromatic carbocycles. The van der Waals surface area contributed by atoms with Gasteiger partial charge < -0.3 is 0 Å². The van der Waals surface area contributed by atoms with Crippen molar-refractivity contribution in [2.75, 3.05) is 0 Å². The van der Waals surface area contributed by atoms with Crippen molar-refractivity contribution in [2.24, 2.45) is 0 Å². The number of fused-ring (bicyclic) bond motifs is 7. The summed E-state index contributed by atoms with van der Waals surface area (Å²) in [5.74, 6) is 0. The molecule has 0 amide bonds. The number of hydrogen-bond donors (Lipinski definition) is 0. The van der Waals surface area contributed by atoms with E-state index < -0.39 is 0 Å². The largest absolute Gasteiger partial charge is 0.135 e. The fraction of sp³-hybridized carbons (Fsp3) is 0. The Morgan fingerprint density at radius 2 is 0.897 bits per heavy atom. The Morgan fingerprint density at radius 3 is 1.54 bits per heavy atom. The highest BCUT2D eigenvalue weighted by Crippen LogP contribution is 2.48. The number of hydrogen-bond acceptors (Lipinski definition) is 1. The first-order chi connectivity index (χ1) is 19.4. The van der Waals surface area contributed by atoms with Gasteiger partial charge in [0.05, 0.1) is 0 Å². The van der Waals surface area contributed by atoms with Gasteiger partial charge >= 0.3 is 0 Å². The minimum absolute atomic E-state index is 1.25. The molecule has 0 unspecified atom stereocenters. The van der Waals surface area contributed by atoms with Crippen molar-refractivity contribution >= 4 is 53.7 Å². The van der Waals surface area contributed by atoms with Gasteiger partial charge in [0.2, 0.25) is 0 Å². The van der Waals surface area contributed by atoms with Crippen LogP contribution in [0.1, 0.15) is 0 Å². The third-order valence-electron chi connectivity index (χ3n) is 7.87. The molecule has 0 saturated carbocycles. The Labute approximate surface area is 231 Å². The summed E-state index contributed by atoms with van der Waals surface area (Å²) in [5, 5.41) is 9.17. The lowest BCUT2D eigenvalue weighted by Gasteiger charge is -2.13. The van der Waals surface area contributed by atoms with Crippen LogP contribution in [-0.4, -0.2) is 0 Å². The summed E-state index contributed by atoms with van der Waals surface area (Å²) in [7, 11) is 0. The van der Waals surface area contributed by atoms with Gasteiger partial charge in [-0.3, -0.25) is 0 Å². The zero-order chi connectivity index (χ0) is 25.8.